The summed E-state index contributed by atoms with van der Waals surface area (Å²) >= 11 is 7.93. The highest BCUT2D eigenvalue weighted by Crippen LogP contribution is 2.41. The molecule has 2 N–H and O–H groups in total. The van der Waals surface area contributed by atoms with Crippen molar-refractivity contribution >= 4 is 29.3 Å². The zero-order valence-electron chi connectivity index (χ0n) is 17.6. The molecule has 0 saturated carbocycles. The van der Waals surface area contributed by atoms with Gasteiger partial charge >= 0.3 is 0 Å². The van der Waals surface area contributed by atoms with E-state index < -0.39 is 0 Å². The van der Waals surface area contributed by atoms with Crippen molar-refractivity contribution in [3.8, 4) is 11.3 Å². The van der Waals surface area contributed by atoms with E-state index in [2.05, 4.69) is 35.3 Å². The van der Waals surface area contributed by atoms with Crippen molar-refractivity contribution in [3.05, 3.63) is 41.8 Å². The minimum Gasteiger partial charge on any atom is -0.376 e. The molecule has 1 aromatic carbocycles. The highest BCUT2D eigenvalue weighted by molar-refractivity contribution is 7.99. The number of rotatable bonds is 4. The van der Waals surface area contributed by atoms with Gasteiger partial charge in [0.2, 0.25) is 5.16 Å². The molecule has 0 aliphatic carbocycles. The summed E-state index contributed by atoms with van der Waals surface area (Å²) in [5, 5.41) is 18.2. The van der Waals surface area contributed by atoms with Gasteiger partial charge < -0.3 is 15.4 Å². The molecule has 4 heterocycles. The van der Waals surface area contributed by atoms with Gasteiger partial charge in [0, 0.05) is 47.4 Å². The Hall–Kier alpha value is -2.40. The van der Waals surface area contributed by atoms with E-state index in [1.54, 1.807) is 18.6 Å². The van der Waals surface area contributed by atoms with E-state index in [0.717, 1.165) is 43.0 Å². The number of aromatic nitrogens is 6. The summed E-state index contributed by atoms with van der Waals surface area (Å²) in [6.07, 6.45) is 6.94. The minimum atomic E-state index is 0.0530. The molecule has 0 unspecified atom stereocenters. The quantitative estimate of drug-likeness (QED) is 0.609. The standard InChI is InChI=1S/C21H23ClN8OS/c1-13-18(23)21(12-31-13)5-9-30(10-6-21)19-26-28-20(29-27-19)32-16-4-2-3-14(17(16)22)15-11-24-7-8-25-15/h2-4,7-8,11,13,18H,5-6,9-10,12,23H2,1H3/t13-,18+/m0/s1. The van der Waals surface area contributed by atoms with Crippen LogP contribution in [0.4, 0.5) is 5.95 Å². The second-order valence-electron chi connectivity index (χ2n) is 8.18. The maximum Gasteiger partial charge on any atom is 0.264 e. The van der Waals surface area contributed by atoms with Gasteiger partial charge in [0.15, 0.2) is 0 Å². The van der Waals surface area contributed by atoms with Gasteiger partial charge in [-0.15, -0.1) is 20.4 Å². The number of ether oxygens (including phenoxy) is 1. The molecule has 2 aromatic heterocycles. The van der Waals surface area contributed by atoms with Crippen molar-refractivity contribution in [2.45, 2.75) is 42.0 Å². The Morgan fingerprint density at radius 1 is 1.16 bits per heavy atom. The van der Waals surface area contributed by atoms with Crippen molar-refractivity contribution < 1.29 is 4.74 Å². The summed E-state index contributed by atoms with van der Waals surface area (Å²) in [5.74, 6) is 0.532. The number of halogens is 1. The number of hydrogen-bond donors (Lipinski definition) is 1. The molecule has 0 amide bonds. The molecule has 2 atom stereocenters. The van der Waals surface area contributed by atoms with Crippen molar-refractivity contribution in [3.63, 3.8) is 0 Å². The third-order valence-corrected chi connectivity index (χ3v) is 7.77. The number of anilines is 1. The fourth-order valence-electron chi connectivity index (χ4n) is 4.33. The lowest BCUT2D eigenvalue weighted by atomic mass is 9.73. The predicted molar refractivity (Wildman–Crippen MR) is 121 cm³/mol. The van der Waals surface area contributed by atoms with Crippen LogP contribution in [0.2, 0.25) is 5.02 Å². The Bertz CT molecular complexity index is 1080. The Balaban J connectivity index is 1.26. The Labute approximate surface area is 195 Å². The van der Waals surface area contributed by atoms with E-state index in [1.807, 2.05) is 25.1 Å². The number of nitrogens with zero attached hydrogens (tertiary/aromatic N) is 7. The number of hydrogen-bond acceptors (Lipinski definition) is 10. The fraction of sp³-hybridized carbons (Fsp3) is 0.429. The molecule has 0 radical (unpaired) electrons. The summed E-state index contributed by atoms with van der Waals surface area (Å²) in [6.45, 7) is 4.40. The molecule has 2 fully saturated rings. The first-order valence-corrected chi connectivity index (χ1v) is 11.7. The molecule has 166 valence electrons. The summed E-state index contributed by atoms with van der Waals surface area (Å²) < 4.78 is 5.80. The van der Waals surface area contributed by atoms with Crippen LogP contribution in [0.1, 0.15) is 19.8 Å². The first-order chi connectivity index (χ1) is 15.6. The average Bonchev–Trinajstić information content (AvgIpc) is 3.10. The summed E-state index contributed by atoms with van der Waals surface area (Å²) in [6, 6.07) is 5.79. The highest BCUT2D eigenvalue weighted by atomic mass is 35.5. The molecular formula is C21H23ClN8OS. The van der Waals surface area contributed by atoms with Crippen LogP contribution in [0.5, 0.6) is 0 Å². The van der Waals surface area contributed by atoms with E-state index in [0.29, 0.717) is 21.8 Å². The van der Waals surface area contributed by atoms with E-state index in [9.17, 15) is 0 Å². The maximum absolute atomic E-state index is 6.61. The van der Waals surface area contributed by atoms with Crippen LogP contribution >= 0.6 is 23.4 Å². The molecule has 2 saturated heterocycles. The average molecular weight is 471 g/mol. The van der Waals surface area contributed by atoms with Crippen LogP contribution in [0, 0.1) is 5.41 Å². The van der Waals surface area contributed by atoms with E-state index >= 15 is 0 Å². The van der Waals surface area contributed by atoms with Crippen molar-refractivity contribution in [2.24, 2.45) is 11.1 Å². The third kappa shape index (κ3) is 4.03. The van der Waals surface area contributed by atoms with Gasteiger partial charge in [-0.05, 0) is 37.6 Å². The smallest absolute Gasteiger partial charge is 0.264 e. The molecule has 3 aromatic rings. The molecule has 11 heteroatoms. The molecule has 1 spiro atoms. The zero-order valence-corrected chi connectivity index (χ0v) is 19.1. The largest absolute Gasteiger partial charge is 0.376 e. The lowest BCUT2D eigenvalue weighted by Crippen LogP contribution is -2.51. The molecule has 32 heavy (non-hydrogen) atoms. The molecule has 2 aliphatic heterocycles. The fourth-order valence-corrected chi connectivity index (χ4v) is 5.38. The van der Waals surface area contributed by atoms with E-state index in [1.165, 1.54) is 11.8 Å². The Kier molecular flexibility index (Phi) is 5.93. The first kappa shape index (κ1) is 21.4. The second-order valence-corrected chi connectivity index (χ2v) is 9.57. The lowest BCUT2D eigenvalue weighted by molar-refractivity contribution is 0.0973. The maximum atomic E-state index is 6.61. The normalized spacial score (nSPS) is 22.4. The Morgan fingerprint density at radius 2 is 1.94 bits per heavy atom. The zero-order chi connectivity index (χ0) is 22.1. The van der Waals surface area contributed by atoms with Gasteiger partial charge in [-0.2, -0.15) is 0 Å². The van der Waals surface area contributed by atoms with Crippen LogP contribution in [0.15, 0.2) is 46.8 Å². The Morgan fingerprint density at radius 3 is 2.59 bits per heavy atom. The summed E-state index contributed by atoms with van der Waals surface area (Å²) in [4.78, 5) is 11.3. The lowest BCUT2D eigenvalue weighted by Gasteiger charge is -2.40. The van der Waals surface area contributed by atoms with Crippen molar-refractivity contribution in [1.29, 1.82) is 0 Å². The van der Waals surface area contributed by atoms with Crippen molar-refractivity contribution in [2.75, 3.05) is 24.6 Å². The first-order valence-electron chi connectivity index (χ1n) is 10.5. The summed E-state index contributed by atoms with van der Waals surface area (Å²) in [5.41, 5.74) is 7.96. The van der Waals surface area contributed by atoms with Gasteiger partial charge in [-0.1, -0.05) is 23.7 Å². The molecule has 2 aliphatic rings. The molecule has 0 bridgehead atoms. The van der Waals surface area contributed by atoms with Crippen LogP contribution in [-0.2, 0) is 4.74 Å². The van der Waals surface area contributed by atoms with Crippen molar-refractivity contribution in [1.82, 2.24) is 30.4 Å². The molecular weight excluding hydrogens is 448 g/mol. The predicted octanol–water partition coefficient (Wildman–Crippen LogP) is 2.86. The topological polar surface area (TPSA) is 116 Å². The van der Waals surface area contributed by atoms with Crippen LogP contribution in [-0.4, -0.2) is 62.2 Å². The SMILES string of the molecule is C[C@@H]1OCC2(CCN(c3nnc(Sc4cccc(-c5cnccn5)c4Cl)nn3)CC2)[C@@H]1N. The third-order valence-electron chi connectivity index (χ3n) is 6.34. The molecule has 5 rings (SSSR count). The monoisotopic (exact) mass is 470 g/mol. The number of benzene rings is 1. The minimum absolute atomic E-state index is 0.0530. The van der Waals surface area contributed by atoms with Gasteiger partial charge in [-0.25, -0.2) is 0 Å². The van der Waals surface area contributed by atoms with Crippen LogP contribution in [0.25, 0.3) is 11.3 Å². The highest BCUT2D eigenvalue weighted by Gasteiger charge is 2.47. The second kappa shape index (κ2) is 8.86. The summed E-state index contributed by atoms with van der Waals surface area (Å²) in [7, 11) is 0. The van der Waals surface area contributed by atoms with E-state index in [4.69, 9.17) is 22.1 Å². The van der Waals surface area contributed by atoms with Gasteiger partial charge in [-0.3, -0.25) is 9.97 Å². The number of nitrogens with two attached hydrogens (primary N) is 1. The van der Waals surface area contributed by atoms with E-state index in [-0.39, 0.29) is 17.6 Å². The van der Waals surface area contributed by atoms with Gasteiger partial charge in [0.1, 0.15) is 0 Å². The van der Waals surface area contributed by atoms with Gasteiger partial charge in [0.25, 0.3) is 5.95 Å². The van der Waals surface area contributed by atoms with Crippen LogP contribution in [0.3, 0.4) is 0 Å². The molecule has 9 nitrogen and oxygen atoms in total. The van der Waals surface area contributed by atoms with Crippen LogP contribution < -0.4 is 10.6 Å². The number of piperidine rings is 1. The van der Waals surface area contributed by atoms with Gasteiger partial charge in [0.05, 0.1) is 29.6 Å².